The van der Waals surface area contributed by atoms with Crippen molar-refractivity contribution in [3.8, 4) is 0 Å². The molecule has 3 heterocycles. The van der Waals surface area contributed by atoms with Crippen molar-refractivity contribution in [1.82, 2.24) is 19.6 Å². The Labute approximate surface area is 178 Å². The van der Waals surface area contributed by atoms with Gasteiger partial charge in [-0.1, -0.05) is 37.8 Å². The average molecular weight is 413 g/mol. The van der Waals surface area contributed by atoms with Gasteiger partial charge in [0.15, 0.2) is 0 Å². The number of likely N-dealkylation sites (tertiary alicyclic amines) is 1. The Bertz CT molecular complexity index is 866. The maximum Gasteiger partial charge on any atom is 0.274 e. The maximum absolute atomic E-state index is 12.4. The molecule has 7 nitrogen and oxygen atoms in total. The van der Waals surface area contributed by atoms with Gasteiger partial charge in [-0.3, -0.25) is 9.59 Å². The summed E-state index contributed by atoms with van der Waals surface area (Å²) < 4.78 is 1.92. The third-order valence-corrected chi connectivity index (χ3v) is 5.03. The lowest BCUT2D eigenvalue weighted by Gasteiger charge is -2.28. The summed E-state index contributed by atoms with van der Waals surface area (Å²) in [5, 5.41) is 12.1. The van der Waals surface area contributed by atoms with Crippen molar-refractivity contribution < 1.29 is 14.7 Å². The number of aryl methyl sites for hydroxylation is 1. The van der Waals surface area contributed by atoms with Gasteiger partial charge in [0.05, 0.1) is 6.10 Å². The van der Waals surface area contributed by atoms with Crippen molar-refractivity contribution in [3.63, 3.8) is 0 Å². The summed E-state index contributed by atoms with van der Waals surface area (Å²) in [6.07, 6.45) is 10.2. The van der Waals surface area contributed by atoms with E-state index in [0.717, 1.165) is 30.7 Å². The summed E-state index contributed by atoms with van der Waals surface area (Å²) in [4.78, 5) is 28.4. The number of imidazole rings is 1. The molecule has 0 aromatic carbocycles. The van der Waals surface area contributed by atoms with Crippen LogP contribution in [0.5, 0.6) is 0 Å². The molecule has 2 aromatic rings. The summed E-state index contributed by atoms with van der Waals surface area (Å²) in [6.45, 7) is 9.58. The van der Waals surface area contributed by atoms with Crippen LogP contribution < -0.4 is 5.32 Å². The molecule has 0 aliphatic carbocycles. The highest BCUT2D eigenvalue weighted by molar-refractivity contribution is 5.93. The molecule has 7 heteroatoms. The minimum absolute atomic E-state index is 0.0463. The smallest absolute Gasteiger partial charge is 0.274 e. The van der Waals surface area contributed by atoms with Gasteiger partial charge < -0.3 is 19.7 Å². The zero-order valence-electron chi connectivity index (χ0n) is 17.8. The van der Waals surface area contributed by atoms with Crippen molar-refractivity contribution in [2.45, 2.75) is 39.2 Å². The summed E-state index contributed by atoms with van der Waals surface area (Å²) in [7, 11) is 0. The number of aromatic nitrogens is 2. The number of aliphatic hydroxyl groups is 1. The number of pyridine rings is 1. The molecule has 2 amide bonds. The van der Waals surface area contributed by atoms with Crippen LogP contribution in [0.2, 0.25) is 0 Å². The molecule has 2 aromatic heterocycles. The van der Waals surface area contributed by atoms with Crippen LogP contribution in [0.15, 0.2) is 49.2 Å². The molecular weight excluding hydrogens is 380 g/mol. The second-order valence-corrected chi connectivity index (χ2v) is 7.58. The van der Waals surface area contributed by atoms with Crippen LogP contribution in [0.25, 0.3) is 5.65 Å². The third-order valence-electron chi connectivity index (χ3n) is 5.03. The van der Waals surface area contributed by atoms with Crippen LogP contribution >= 0.6 is 0 Å². The first-order chi connectivity index (χ1) is 14.5. The summed E-state index contributed by atoms with van der Waals surface area (Å²) in [6, 6.07) is 5.81. The number of carbonyl (C=O) groups excluding carboxylic acids is 2. The fraction of sp³-hybridized carbons (Fsp3) is 0.435. The molecule has 2 N–H and O–H groups in total. The highest BCUT2D eigenvalue weighted by Gasteiger charge is 2.24. The van der Waals surface area contributed by atoms with Crippen LogP contribution in [0.1, 0.15) is 42.4 Å². The second kappa shape index (κ2) is 11.9. The molecule has 30 heavy (non-hydrogen) atoms. The molecule has 1 aliphatic rings. The molecule has 1 aliphatic heterocycles. The Morgan fingerprint density at radius 2 is 2.13 bits per heavy atom. The summed E-state index contributed by atoms with van der Waals surface area (Å²) in [5.41, 5.74) is 2.32. The van der Waals surface area contributed by atoms with Crippen LogP contribution in [-0.4, -0.2) is 57.4 Å². The van der Waals surface area contributed by atoms with Crippen molar-refractivity contribution in [2.24, 2.45) is 5.92 Å². The van der Waals surface area contributed by atoms with E-state index in [9.17, 15) is 14.7 Å². The number of carbonyl (C=O) groups is 2. The number of nitrogens with one attached hydrogen (secondary N) is 1. The number of fused-ring (bicyclic) bond motifs is 1. The summed E-state index contributed by atoms with van der Waals surface area (Å²) >= 11 is 0. The molecule has 0 radical (unpaired) electrons. The predicted molar refractivity (Wildman–Crippen MR) is 118 cm³/mol. The molecule has 0 saturated carbocycles. The highest BCUT2D eigenvalue weighted by atomic mass is 16.3. The van der Waals surface area contributed by atoms with Gasteiger partial charge in [-0.2, -0.15) is 0 Å². The van der Waals surface area contributed by atoms with E-state index >= 15 is 0 Å². The molecule has 1 atom stereocenters. The Morgan fingerprint density at radius 1 is 1.40 bits per heavy atom. The lowest BCUT2D eigenvalue weighted by molar-refractivity contribution is -0.109. The predicted octanol–water partition coefficient (Wildman–Crippen LogP) is 2.74. The first-order valence-electron chi connectivity index (χ1n) is 10.3. The number of allylic oxidation sites excluding steroid dienone is 3. The molecule has 162 valence electrons. The quantitative estimate of drug-likeness (QED) is 0.541. The van der Waals surface area contributed by atoms with Gasteiger partial charge in [0, 0.05) is 31.5 Å². The monoisotopic (exact) mass is 412 g/mol. The lowest BCUT2D eigenvalue weighted by atomic mass is 10.1. The normalized spacial score (nSPS) is 15.5. The van der Waals surface area contributed by atoms with E-state index in [4.69, 9.17) is 0 Å². The highest BCUT2D eigenvalue weighted by Crippen LogP contribution is 2.15. The molecule has 1 fully saturated rings. The van der Waals surface area contributed by atoms with E-state index < -0.39 is 0 Å². The van der Waals surface area contributed by atoms with E-state index in [1.54, 1.807) is 17.2 Å². The van der Waals surface area contributed by atoms with Crippen LogP contribution in [0.4, 0.5) is 0 Å². The third kappa shape index (κ3) is 6.84. The van der Waals surface area contributed by atoms with Gasteiger partial charge in [-0.15, -0.1) is 0 Å². The number of piperidine rings is 1. The van der Waals surface area contributed by atoms with Crippen molar-refractivity contribution in [2.75, 3.05) is 19.6 Å². The minimum Gasteiger partial charge on any atom is -0.393 e. The number of nitrogens with zero attached hydrogens (tertiary/aromatic N) is 3. The first-order valence-corrected chi connectivity index (χ1v) is 10.3. The van der Waals surface area contributed by atoms with Crippen molar-refractivity contribution in [3.05, 3.63) is 60.6 Å². The van der Waals surface area contributed by atoms with Gasteiger partial charge in [-0.05, 0) is 44.2 Å². The number of amides is 2. The Balaban J connectivity index is 0.000000252. The molecule has 0 spiro atoms. The van der Waals surface area contributed by atoms with Gasteiger partial charge in [0.2, 0.25) is 6.41 Å². The van der Waals surface area contributed by atoms with Crippen LogP contribution in [0, 0.1) is 12.8 Å². The van der Waals surface area contributed by atoms with Crippen LogP contribution in [0.3, 0.4) is 0 Å². The van der Waals surface area contributed by atoms with E-state index in [0.29, 0.717) is 37.5 Å². The van der Waals surface area contributed by atoms with Gasteiger partial charge in [-0.25, -0.2) is 4.98 Å². The SMILES string of the molecule is C=C/C=C\CC(C)CNC=O.Cc1cccc2nc(C(=O)N3CCC(O)CC3)cn12. The van der Waals surface area contributed by atoms with Gasteiger partial charge in [0.25, 0.3) is 5.91 Å². The lowest BCUT2D eigenvalue weighted by Crippen LogP contribution is -2.40. The molecular formula is C23H32N4O3. The average Bonchev–Trinajstić information content (AvgIpc) is 3.19. The van der Waals surface area contributed by atoms with E-state index in [2.05, 4.69) is 23.8 Å². The first kappa shape index (κ1) is 23.3. The minimum atomic E-state index is -0.271. The Hall–Kier alpha value is -2.93. The number of rotatable bonds is 7. The number of hydrogen-bond acceptors (Lipinski definition) is 4. The maximum atomic E-state index is 12.4. The Morgan fingerprint density at radius 3 is 2.77 bits per heavy atom. The molecule has 1 unspecified atom stereocenters. The fourth-order valence-corrected chi connectivity index (χ4v) is 3.22. The van der Waals surface area contributed by atoms with Crippen molar-refractivity contribution in [1.29, 1.82) is 0 Å². The fourth-order valence-electron chi connectivity index (χ4n) is 3.22. The number of hydrogen-bond donors (Lipinski definition) is 2. The van der Waals surface area contributed by atoms with E-state index in [1.807, 2.05) is 41.7 Å². The summed E-state index contributed by atoms with van der Waals surface area (Å²) in [5.74, 6) is 0.450. The topological polar surface area (TPSA) is 86.9 Å². The van der Waals surface area contributed by atoms with Crippen LogP contribution in [-0.2, 0) is 4.79 Å². The molecule has 3 rings (SSSR count). The van der Waals surface area contributed by atoms with E-state index in [-0.39, 0.29) is 12.0 Å². The zero-order valence-corrected chi connectivity index (χ0v) is 17.8. The standard InChI is InChI=1S/C14H17N3O2.C9H15NO/c1-10-3-2-4-13-15-12(9-17(10)13)14(19)16-7-5-11(18)6-8-16;1-3-4-5-6-9(2)7-10-8-11/h2-4,9,11,18H,5-8H2,1H3;3-5,8-9H,1,6-7H2,2H3,(H,10,11)/b;5-4-. The van der Waals surface area contributed by atoms with Crippen molar-refractivity contribution >= 4 is 18.0 Å². The molecule has 0 bridgehead atoms. The van der Waals surface area contributed by atoms with E-state index in [1.165, 1.54) is 0 Å². The Kier molecular flexibility index (Phi) is 9.28. The van der Waals surface area contributed by atoms with Gasteiger partial charge >= 0.3 is 0 Å². The largest absolute Gasteiger partial charge is 0.393 e. The number of aliphatic hydroxyl groups excluding tert-OH is 1. The second-order valence-electron chi connectivity index (χ2n) is 7.58. The van der Waals surface area contributed by atoms with Gasteiger partial charge in [0.1, 0.15) is 11.3 Å². The molecule has 1 saturated heterocycles. The zero-order chi connectivity index (χ0) is 21.9.